The van der Waals surface area contributed by atoms with Crippen LogP contribution in [0.25, 0.3) is 0 Å². The van der Waals surface area contributed by atoms with Gasteiger partial charge in [-0.25, -0.2) is 0 Å². The van der Waals surface area contributed by atoms with Crippen LogP contribution in [-0.2, 0) is 11.2 Å². The number of carbonyl (C=O) groups excluding carboxylic acids is 1. The van der Waals surface area contributed by atoms with Crippen molar-refractivity contribution in [2.75, 3.05) is 0 Å². The van der Waals surface area contributed by atoms with Crippen molar-refractivity contribution in [3.63, 3.8) is 0 Å². The maximum Gasteiger partial charge on any atom is 0.272 e. The van der Waals surface area contributed by atoms with Gasteiger partial charge in [-0.05, 0) is 12.8 Å². The Hall–Kier alpha value is -1.91. The number of nitrogens with zero attached hydrogens (tertiary/aromatic N) is 1. The predicted octanol–water partition coefficient (Wildman–Crippen LogP) is 0.277. The molecule has 5 nitrogen and oxygen atoms in total. The number of para-hydroxylation sites is 1. The van der Waals surface area contributed by atoms with Crippen LogP contribution in [0.5, 0.6) is 0 Å². The highest BCUT2D eigenvalue weighted by Crippen LogP contribution is 2.18. The lowest BCUT2D eigenvalue weighted by Gasteiger charge is -2.02. The van der Waals surface area contributed by atoms with Crippen LogP contribution in [-0.4, -0.2) is 10.9 Å². The van der Waals surface area contributed by atoms with Crippen LogP contribution in [0.3, 0.4) is 0 Å². The van der Waals surface area contributed by atoms with E-state index in [9.17, 15) is 20.0 Å². The summed E-state index contributed by atoms with van der Waals surface area (Å²) in [5, 5.41) is 20.7. The van der Waals surface area contributed by atoms with Gasteiger partial charge in [-0.3, -0.25) is 10.1 Å². The van der Waals surface area contributed by atoms with Gasteiger partial charge in [0.15, 0.2) is 0 Å². The molecule has 0 bridgehead atoms. The molecule has 0 saturated carbocycles. The van der Waals surface area contributed by atoms with Crippen molar-refractivity contribution in [3.8, 4) is 0 Å². The van der Waals surface area contributed by atoms with Gasteiger partial charge in [0.2, 0.25) is 0 Å². The van der Waals surface area contributed by atoms with Gasteiger partial charge in [0, 0.05) is 17.6 Å². The van der Waals surface area contributed by atoms with Crippen LogP contribution in [0.4, 0.5) is 5.69 Å². The monoisotopic (exact) mass is 194 g/mol. The van der Waals surface area contributed by atoms with Crippen LogP contribution < -0.4 is 5.11 Å². The Kier molecular flexibility index (Phi) is 3.17. The first-order valence-electron chi connectivity index (χ1n) is 4.03. The molecule has 5 heteroatoms. The molecule has 0 aliphatic carbocycles. The Morgan fingerprint density at radius 1 is 1.36 bits per heavy atom. The first-order chi connectivity index (χ1) is 6.61. The Morgan fingerprint density at radius 2 is 2.00 bits per heavy atom. The molecule has 74 valence electrons. The second-order valence-corrected chi connectivity index (χ2v) is 2.76. The molecule has 0 aliphatic heterocycles. The predicted molar refractivity (Wildman–Crippen MR) is 46.4 cm³/mol. The molecular formula is C9H8NO4-. The highest BCUT2D eigenvalue weighted by Gasteiger charge is 2.11. The molecule has 1 aromatic carbocycles. The third-order valence-corrected chi connectivity index (χ3v) is 1.79. The number of carboxylic acids is 1. The van der Waals surface area contributed by atoms with Gasteiger partial charge in [-0.15, -0.1) is 0 Å². The molecule has 0 spiro atoms. The van der Waals surface area contributed by atoms with E-state index in [2.05, 4.69) is 0 Å². The average molecular weight is 194 g/mol. The second-order valence-electron chi connectivity index (χ2n) is 2.76. The summed E-state index contributed by atoms with van der Waals surface area (Å²) in [5.41, 5.74) is 0.371. The van der Waals surface area contributed by atoms with Crippen LogP contribution in [0, 0.1) is 10.1 Å². The number of benzene rings is 1. The van der Waals surface area contributed by atoms with Crippen molar-refractivity contribution in [2.24, 2.45) is 0 Å². The number of aliphatic carboxylic acids is 1. The smallest absolute Gasteiger partial charge is 0.272 e. The molecule has 1 aromatic rings. The molecule has 1 rings (SSSR count). The van der Waals surface area contributed by atoms with E-state index in [4.69, 9.17) is 0 Å². The summed E-state index contributed by atoms with van der Waals surface area (Å²) in [6, 6.07) is 6.07. The summed E-state index contributed by atoms with van der Waals surface area (Å²) < 4.78 is 0. The minimum atomic E-state index is -1.21. The van der Waals surface area contributed by atoms with Crippen molar-refractivity contribution < 1.29 is 14.8 Å². The van der Waals surface area contributed by atoms with E-state index in [1.54, 1.807) is 18.2 Å². The number of nitro groups is 1. The molecule has 0 aromatic heterocycles. The van der Waals surface area contributed by atoms with E-state index in [1.165, 1.54) is 6.07 Å². The number of carboxylic acid groups (broad SMARTS) is 1. The minimum Gasteiger partial charge on any atom is -0.550 e. The lowest BCUT2D eigenvalue weighted by Crippen LogP contribution is -2.22. The standard InChI is InChI=1S/C9H9NO4/c11-9(12)6-5-7-3-1-2-4-8(7)10(13)14/h1-4H,5-6H2,(H,11,12)/p-1. The topological polar surface area (TPSA) is 83.3 Å². The molecule has 0 N–H and O–H groups in total. The summed E-state index contributed by atoms with van der Waals surface area (Å²) in [4.78, 5) is 20.2. The minimum absolute atomic E-state index is 0.0475. The lowest BCUT2D eigenvalue weighted by molar-refractivity contribution is -0.385. The Morgan fingerprint density at radius 3 is 2.57 bits per heavy atom. The van der Waals surface area contributed by atoms with Gasteiger partial charge in [0.1, 0.15) is 0 Å². The van der Waals surface area contributed by atoms with Crippen molar-refractivity contribution in [3.05, 3.63) is 39.9 Å². The lowest BCUT2D eigenvalue weighted by atomic mass is 10.1. The summed E-state index contributed by atoms with van der Waals surface area (Å²) in [7, 11) is 0. The maximum atomic E-state index is 10.5. The molecule has 14 heavy (non-hydrogen) atoms. The van der Waals surface area contributed by atoms with E-state index < -0.39 is 10.9 Å². The van der Waals surface area contributed by atoms with Crippen molar-refractivity contribution in [1.82, 2.24) is 0 Å². The fourth-order valence-electron chi connectivity index (χ4n) is 1.14. The van der Waals surface area contributed by atoms with Gasteiger partial charge < -0.3 is 9.90 Å². The van der Waals surface area contributed by atoms with Gasteiger partial charge in [0.25, 0.3) is 5.69 Å². The van der Waals surface area contributed by atoms with E-state index >= 15 is 0 Å². The number of aryl methyl sites for hydroxylation is 1. The zero-order chi connectivity index (χ0) is 10.6. The third-order valence-electron chi connectivity index (χ3n) is 1.79. The number of carbonyl (C=O) groups is 1. The van der Waals surface area contributed by atoms with Crippen LogP contribution >= 0.6 is 0 Å². The van der Waals surface area contributed by atoms with Crippen molar-refractivity contribution in [2.45, 2.75) is 12.8 Å². The van der Waals surface area contributed by atoms with E-state index in [0.29, 0.717) is 5.56 Å². The molecule has 0 radical (unpaired) electrons. The SMILES string of the molecule is O=C([O-])CCc1ccccc1[N+](=O)[O-]. The van der Waals surface area contributed by atoms with Gasteiger partial charge in [0.05, 0.1) is 4.92 Å². The summed E-state index contributed by atoms with van der Waals surface area (Å²) in [5.74, 6) is -1.21. The average Bonchev–Trinajstić information content (AvgIpc) is 2.15. The first kappa shape index (κ1) is 10.2. The number of hydrogen-bond acceptors (Lipinski definition) is 4. The van der Waals surface area contributed by atoms with Gasteiger partial charge in [-0.2, -0.15) is 0 Å². The van der Waals surface area contributed by atoms with Crippen molar-refractivity contribution in [1.29, 1.82) is 0 Å². The number of nitro benzene ring substituents is 1. The zero-order valence-corrected chi connectivity index (χ0v) is 7.30. The van der Waals surface area contributed by atoms with Crippen LogP contribution in [0.1, 0.15) is 12.0 Å². The summed E-state index contributed by atoms with van der Waals surface area (Å²) in [6.45, 7) is 0. The molecule has 0 unspecified atom stereocenters. The Balaban J connectivity index is 2.84. The molecule has 0 saturated heterocycles. The zero-order valence-electron chi connectivity index (χ0n) is 7.30. The molecule has 0 fully saturated rings. The largest absolute Gasteiger partial charge is 0.550 e. The van der Waals surface area contributed by atoms with Gasteiger partial charge >= 0.3 is 0 Å². The summed E-state index contributed by atoms with van der Waals surface area (Å²) >= 11 is 0. The third kappa shape index (κ3) is 2.55. The molecule has 0 aliphatic rings. The van der Waals surface area contributed by atoms with Crippen LogP contribution in [0.15, 0.2) is 24.3 Å². The molecular weight excluding hydrogens is 186 g/mol. The summed E-state index contributed by atoms with van der Waals surface area (Å²) in [6.07, 6.45) is -0.0790. The second kappa shape index (κ2) is 4.36. The fourth-order valence-corrected chi connectivity index (χ4v) is 1.14. The van der Waals surface area contributed by atoms with Gasteiger partial charge in [-0.1, -0.05) is 18.2 Å². The Bertz CT molecular complexity index is 362. The fraction of sp³-hybridized carbons (Fsp3) is 0.222. The highest BCUT2D eigenvalue weighted by molar-refractivity contribution is 5.65. The van der Waals surface area contributed by atoms with Crippen LogP contribution in [0.2, 0.25) is 0 Å². The number of rotatable bonds is 4. The quantitative estimate of drug-likeness (QED) is 0.509. The Labute approximate surface area is 80.1 Å². The normalized spacial score (nSPS) is 9.71. The van der Waals surface area contributed by atoms with E-state index in [1.807, 2.05) is 0 Å². The molecule has 0 amide bonds. The number of hydrogen-bond donors (Lipinski definition) is 0. The van der Waals surface area contributed by atoms with E-state index in [0.717, 1.165) is 0 Å². The molecule has 0 heterocycles. The van der Waals surface area contributed by atoms with E-state index in [-0.39, 0.29) is 18.5 Å². The highest BCUT2D eigenvalue weighted by atomic mass is 16.6. The first-order valence-corrected chi connectivity index (χ1v) is 4.03. The van der Waals surface area contributed by atoms with Crippen molar-refractivity contribution >= 4 is 11.7 Å². The maximum absolute atomic E-state index is 10.5. The molecule has 0 atom stereocenters.